The molecule has 28 heavy (non-hydrogen) atoms. The number of hydrogen-bond donors (Lipinski definition) is 2. The second kappa shape index (κ2) is 9.16. The van der Waals surface area contributed by atoms with Crippen molar-refractivity contribution in [3.8, 4) is 5.75 Å². The quantitative estimate of drug-likeness (QED) is 0.718. The van der Waals surface area contributed by atoms with Crippen LogP contribution in [0.5, 0.6) is 5.75 Å². The van der Waals surface area contributed by atoms with E-state index in [0.717, 1.165) is 43.0 Å². The zero-order chi connectivity index (χ0) is 20.0. The monoisotopic (exact) mass is 412 g/mol. The smallest absolute Gasteiger partial charge is 0.406 e. The fraction of sp³-hybridized carbons (Fsp3) is 0.333. The summed E-state index contributed by atoms with van der Waals surface area (Å²) in [5, 5.41) is 5.51. The molecule has 0 atom stereocenters. The van der Waals surface area contributed by atoms with E-state index in [4.69, 9.17) is 0 Å². The summed E-state index contributed by atoms with van der Waals surface area (Å²) in [6.07, 6.45) is 0.414. The van der Waals surface area contributed by atoms with Crippen molar-refractivity contribution in [2.45, 2.75) is 30.1 Å². The number of pyridine rings is 1. The highest BCUT2D eigenvalue weighted by molar-refractivity contribution is 7.97. The van der Waals surface area contributed by atoms with Gasteiger partial charge in [0.2, 0.25) is 0 Å². The molecule has 1 aromatic carbocycles. The van der Waals surface area contributed by atoms with E-state index in [2.05, 4.69) is 24.7 Å². The molecule has 1 aromatic heterocycles. The van der Waals surface area contributed by atoms with E-state index in [1.165, 1.54) is 12.1 Å². The Labute approximate surface area is 164 Å². The fourth-order valence-electron chi connectivity index (χ4n) is 2.73. The van der Waals surface area contributed by atoms with E-state index in [0.29, 0.717) is 5.69 Å². The molecule has 2 N–H and O–H groups in total. The normalized spacial score (nSPS) is 15.8. The van der Waals surface area contributed by atoms with E-state index < -0.39 is 6.36 Å². The number of amides is 2. The number of piperidine rings is 1. The van der Waals surface area contributed by atoms with Gasteiger partial charge in [-0.1, -0.05) is 0 Å². The number of nitrogens with zero attached hydrogens (tertiary/aromatic N) is 2. The van der Waals surface area contributed by atoms with Crippen molar-refractivity contribution in [2.75, 3.05) is 18.4 Å². The standard InChI is InChI=1S/C18H19F3N4O2S/c19-18(20,21)27-15-5-3-13(4-6-15)23-17(26)24-14-7-10-25(11-8-14)28-16-2-1-9-22-12-16/h1-6,9,12,14H,7-8,10-11H2,(H2,23,24,26). The molecule has 150 valence electrons. The largest absolute Gasteiger partial charge is 0.573 e. The Morgan fingerprint density at radius 1 is 1.18 bits per heavy atom. The van der Waals surface area contributed by atoms with E-state index in [1.54, 1.807) is 18.1 Å². The predicted octanol–water partition coefficient (Wildman–Crippen LogP) is 4.27. The van der Waals surface area contributed by atoms with E-state index in [1.807, 2.05) is 18.3 Å². The number of rotatable bonds is 5. The van der Waals surface area contributed by atoms with Crippen LogP contribution in [0.2, 0.25) is 0 Å². The Bertz CT molecular complexity index is 767. The van der Waals surface area contributed by atoms with Gasteiger partial charge < -0.3 is 15.4 Å². The third kappa shape index (κ3) is 6.61. The number of hydrogen-bond acceptors (Lipinski definition) is 5. The van der Waals surface area contributed by atoms with Gasteiger partial charge in [-0.15, -0.1) is 13.2 Å². The summed E-state index contributed by atoms with van der Waals surface area (Å²) in [6, 6.07) is 8.56. The van der Waals surface area contributed by atoms with Gasteiger partial charge in [0, 0.05) is 42.1 Å². The number of alkyl halides is 3. The summed E-state index contributed by atoms with van der Waals surface area (Å²) in [5.41, 5.74) is 0.386. The number of carbonyl (C=O) groups is 1. The first kappa shape index (κ1) is 20.3. The Morgan fingerprint density at radius 2 is 1.89 bits per heavy atom. The lowest BCUT2D eigenvalue weighted by Crippen LogP contribution is -2.44. The molecule has 10 heteroatoms. The van der Waals surface area contributed by atoms with Gasteiger partial charge in [-0.25, -0.2) is 9.10 Å². The highest BCUT2D eigenvalue weighted by Crippen LogP contribution is 2.26. The summed E-state index contributed by atoms with van der Waals surface area (Å²) < 4.78 is 42.5. The third-order valence-corrected chi connectivity index (χ3v) is 5.08. The Kier molecular flexibility index (Phi) is 6.63. The molecule has 2 aromatic rings. The number of nitrogens with one attached hydrogen (secondary N) is 2. The van der Waals surface area contributed by atoms with Gasteiger partial charge in [0.1, 0.15) is 5.75 Å². The van der Waals surface area contributed by atoms with Gasteiger partial charge in [-0.3, -0.25) is 4.98 Å². The third-order valence-electron chi connectivity index (χ3n) is 4.00. The van der Waals surface area contributed by atoms with Crippen LogP contribution >= 0.6 is 11.9 Å². The molecule has 0 bridgehead atoms. The van der Waals surface area contributed by atoms with Crippen LogP contribution in [0.1, 0.15) is 12.8 Å². The molecule has 1 aliphatic heterocycles. The molecule has 0 spiro atoms. The number of urea groups is 1. The molecule has 0 unspecified atom stereocenters. The maximum Gasteiger partial charge on any atom is 0.573 e. The fourth-order valence-corrected chi connectivity index (χ4v) is 3.67. The van der Waals surface area contributed by atoms with Crippen LogP contribution in [0.25, 0.3) is 0 Å². The molecule has 6 nitrogen and oxygen atoms in total. The molecule has 1 fully saturated rings. The van der Waals surface area contributed by atoms with Crippen LogP contribution in [0.15, 0.2) is 53.7 Å². The number of aromatic nitrogens is 1. The van der Waals surface area contributed by atoms with Crippen molar-refractivity contribution >= 4 is 23.7 Å². The highest BCUT2D eigenvalue weighted by Gasteiger charge is 2.31. The van der Waals surface area contributed by atoms with Gasteiger partial charge in [0.05, 0.1) is 0 Å². The van der Waals surface area contributed by atoms with Gasteiger partial charge in [0.15, 0.2) is 0 Å². The molecular weight excluding hydrogens is 393 g/mol. The van der Waals surface area contributed by atoms with E-state index >= 15 is 0 Å². The number of carbonyl (C=O) groups excluding carboxylic acids is 1. The Balaban J connectivity index is 1.41. The number of halogens is 3. The van der Waals surface area contributed by atoms with Crippen molar-refractivity contribution in [2.24, 2.45) is 0 Å². The molecule has 2 heterocycles. The minimum atomic E-state index is -4.74. The maximum absolute atomic E-state index is 12.2. The number of anilines is 1. The van der Waals surface area contributed by atoms with E-state index in [9.17, 15) is 18.0 Å². The minimum Gasteiger partial charge on any atom is -0.406 e. The molecular formula is C18H19F3N4O2S. The Hall–Kier alpha value is -2.46. The highest BCUT2D eigenvalue weighted by atomic mass is 32.2. The van der Waals surface area contributed by atoms with Crippen LogP contribution in [0, 0.1) is 0 Å². The average Bonchev–Trinajstić information content (AvgIpc) is 2.65. The lowest BCUT2D eigenvalue weighted by molar-refractivity contribution is -0.274. The summed E-state index contributed by atoms with van der Waals surface area (Å²) in [4.78, 5) is 17.3. The van der Waals surface area contributed by atoms with Crippen molar-refractivity contribution in [3.63, 3.8) is 0 Å². The van der Waals surface area contributed by atoms with E-state index in [-0.39, 0.29) is 17.8 Å². The topological polar surface area (TPSA) is 66.5 Å². The van der Waals surface area contributed by atoms with Gasteiger partial charge in [-0.05, 0) is 61.2 Å². The van der Waals surface area contributed by atoms with Gasteiger partial charge >= 0.3 is 12.4 Å². The summed E-state index contributed by atoms with van der Waals surface area (Å²) in [5.74, 6) is -0.336. The maximum atomic E-state index is 12.2. The zero-order valence-corrected chi connectivity index (χ0v) is 15.6. The van der Waals surface area contributed by atoms with Gasteiger partial charge in [0.25, 0.3) is 0 Å². The van der Waals surface area contributed by atoms with Crippen LogP contribution in [-0.4, -0.2) is 40.8 Å². The second-order valence-electron chi connectivity index (χ2n) is 6.15. The number of ether oxygens (including phenoxy) is 1. The molecule has 0 aliphatic carbocycles. The first-order chi connectivity index (χ1) is 13.4. The van der Waals surface area contributed by atoms with Crippen LogP contribution < -0.4 is 15.4 Å². The summed E-state index contributed by atoms with van der Waals surface area (Å²) in [6.45, 7) is 1.65. The Morgan fingerprint density at radius 3 is 2.50 bits per heavy atom. The molecule has 0 radical (unpaired) electrons. The molecule has 0 saturated carbocycles. The lowest BCUT2D eigenvalue weighted by Gasteiger charge is -2.31. The molecule has 2 amide bonds. The lowest BCUT2D eigenvalue weighted by atomic mass is 10.1. The molecule has 1 aliphatic rings. The van der Waals surface area contributed by atoms with Crippen molar-refractivity contribution in [1.82, 2.24) is 14.6 Å². The molecule has 3 rings (SSSR count). The van der Waals surface area contributed by atoms with Crippen molar-refractivity contribution in [3.05, 3.63) is 48.8 Å². The second-order valence-corrected chi connectivity index (χ2v) is 7.32. The summed E-state index contributed by atoms with van der Waals surface area (Å²) >= 11 is 1.64. The first-order valence-corrected chi connectivity index (χ1v) is 9.41. The average molecular weight is 412 g/mol. The van der Waals surface area contributed by atoms with Crippen LogP contribution in [0.4, 0.5) is 23.7 Å². The van der Waals surface area contributed by atoms with Crippen molar-refractivity contribution in [1.29, 1.82) is 0 Å². The zero-order valence-electron chi connectivity index (χ0n) is 14.8. The minimum absolute atomic E-state index is 0.0404. The molecule has 1 saturated heterocycles. The SMILES string of the molecule is O=C(Nc1ccc(OC(F)(F)F)cc1)NC1CCN(Sc2cccnc2)CC1. The predicted molar refractivity (Wildman–Crippen MR) is 100.0 cm³/mol. The first-order valence-electron chi connectivity index (χ1n) is 8.64. The van der Waals surface area contributed by atoms with Crippen LogP contribution in [0.3, 0.4) is 0 Å². The van der Waals surface area contributed by atoms with Crippen LogP contribution in [-0.2, 0) is 0 Å². The number of benzene rings is 1. The van der Waals surface area contributed by atoms with Gasteiger partial charge in [-0.2, -0.15) is 0 Å². The summed E-state index contributed by atoms with van der Waals surface area (Å²) in [7, 11) is 0. The van der Waals surface area contributed by atoms with Crippen molar-refractivity contribution < 1.29 is 22.7 Å².